The van der Waals surface area contributed by atoms with Crippen LogP contribution in [0.4, 0.5) is 0 Å². The maximum Gasteiger partial charge on any atom is 0.197 e. The Morgan fingerprint density at radius 1 is 0.591 bits per heavy atom. The lowest BCUT2D eigenvalue weighted by Crippen LogP contribution is -2.20. The Hall–Kier alpha value is -4.36. The molecule has 7 heteroatoms. The third-order valence-electron chi connectivity index (χ3n) is 7.05. The zero-order chi connectivity index (χ0) is 31.7. The summed E-state index contributed by atoms with van der Waals surface area (Å²) in [6, 6.07) is 25.5. The fourth-order valence-corrected chi connectivity index (χ4v) is 5.05. The molecule has 234 valence electrons. The van der Waals surface area contributed by atoms with Gasteiger partial charge >= 0.3 is 0 Å². The van der Waals surface area contributed by atoms with Gasteiger partial charge in [0.05, 0.1) is 35.0 Å². The molecule has 1 atom stereocenters. The van der Waals surface area contributed by atoms with Crippen molar-refractivity contribution in [2.75, 3.05) is 41.7 Å². The van der Waals surface area contributed by atoms with E-state index in [9.17, 15) is 0 Å². The van der Waals surface area contributed by atoms with Crippen molar-refractivity contribution in [3.8, 4) is 56.8 Å². The minimum atomic E-state index is -0.460. The lowest BCUT2D eigenvalue weighted by molar-refractivity contribution is -0.0738. The molecule has 4 aromatic rings. The zero-order valence-electron chi connectivity index (χ0n) is 27.1. The number of para-hydroxylation sites is 1. The van der Waals surface area contributed by atoms with Crippen LogP contribution in [0.2, 0.25) is 0 Å². The van der Waals surface area contributed by atoms with E-state index in [1.165, 1.54) is 5.56 Å². The molecular weight excluding hydrogens is 556 g/mol. The Morgan fingerprint density at radius 2 is 1.11 bits per heavy atom. The summed E-state index contributed by atoms with van der Waals surface area (Å²) in [4.78, 5) is 0. The van der Waals surface area contributed by atoms with Crippen LogP contribution in [0.3, 0.4) is 0 Å². The molecule has 44 heavy (non-hydrogen) atoms. The van der Waals surface area contributed by atoms with E-state index in [1.54, 1.807) is 28.4 Å². The maximum atomic E-state index is 6.51. The molecule has 1 unspecified atom stereocenters. The number of hydrogen-bond donors (Lipinski definition) is 0. The highest BCUT2D eigenvalue weighted by Crippen LogP contribution is 2.46. The van der Waals surface area contributed by atoms with Crippen molar-refractivity contribution in [3.63, 3.8) is 0 Å². The van der Waals surface area contributed by atoms with E-state index >= 15 is 0 Å². The quantitative estimate of drug-likeness (QED) is 0.106. The van der Waals surface area contributed by atoms with E-state index in [0.29, 0.717) is 35.4 Å². The van der Waals surface area contributed by atoms with Crippen LogP contribution in [-0.4, -0.2) is 47.9 Å². The fraction of sp³-hybridized carbons (Fsp3) is 0.351. The van der Waals surface area contributed by atoms with Crippen molar-refractivity contribution in [1.29, 1.82) is 0 Å². The molecule has 0 fully saturated rings. The minimum absolute atomic E-state index is 0.229. The molecule has 0 N–H and O–H groups in total. The molecule has 0 heterocycles. The summed E-state index contributed by atoms with van der Waals surface area (Å²) in [5, 5.41) is 0. The van der Waals surface area contributed by atoms with Gasteiger partial charge in [0.25, 0.3) is 0 Å². The molecular formula is C37H44O7. The lowest BCUT2D eigenvalue weighted by Gasteiger charge is -2.21. The first-order chi connectivity index (χ1) is 21.1. The average molecular weight is 601 g/mol. The molecule has 0 aliphatic carbocycles. The van der Waals surface area contributed by atoms with Crippen molar-refractivity contribution >= 4 is 0 Å². The number of rotatable bonds is 14. The second-order valence-corrected chi connectivity index (χ2v) is 11.6. The van der Waals surface area contributed by atoms with Crippen LogP contribution in [0, 0.1) is 5.41 Å². The summed E-state index contributed by atoms with van der Waals surface area (Å²) in [6.45, 7) is 9.17. The van der Waals surface area contributed by atoms with Crippen LogP contribution in [0.25, 0.3) is 22.3 Å². The average Bonchev–Trinajstić information content (AvgIpc) is 3.02. The highest BCUT2D eigenvalue weighted by atomic mass is 16.7. The molecule has 0 aromatic heterocycles. The van der Waals surface area contributed by atoms with Gasteiger partial charge in [0.2, 0.25) is 0 Å². The van der Waals surface area contributed by atoms with E-state index in [1.807, 2.05) is 73.7 Å². The molecule has 0 aliphatic heterocycles. The van der Waals surface area contributed by atoms with Crippen LogP contribution < -0.4 is 28.4 Å². The first-order valence-electron chi connectivity index (χ1n) is 14.7. The standard InChI is InChI=1S/C37H44O7/c1-25(44-27-14-12-26(13-15-27)24-37(2,3)4)42-20-21-43-36-30(32-22-28(38-5)16-18-34(32)40-7)10-9-11-31(36)33-23-29(39-6)17-19-35(33)41-8/h9-19,22-23,25H,20-21,24H2,1-8H3. The number of benzene rings is 4. The topological polar surface area (TPSA) is 64.6 Å². The van der Waals surface area contributed by atoms with Crippen LogP contribution in [0.5, 0.6) is 34.5 Å². The highest BCUT2D eigenvalue weighted by Gasteiger charge is 2.20. The first kappa shape index (κ1) is 32.6. The molecule has 0 aliphatic rings. The van der Waals surface area contributed by atoms with E-state index in [0.717, 1.165) is 34.4 Å². The van der Waals surface area contributed by atoms with Gasteiger partial charge in [0, 0.05) is 22.3 Å². The van der Waals surface area contributed by atoms with Crippen molar-refractivity contribution in [2.45, 2.75) is 40.4 Å². The van der Waals surface area contributed by atoms with Crippen LogP contribution >= 0.6 is 0 Å². The smallest absolute Gasteiger partial charge is 0.197 e. The minimum Gasteiger partial charge on any atom is -0.497 e. The van der Waals surface area contributed by atoms with E-state index in [4.69, 9.17) is 33.2 Å². The van der Waals surface area contributed by atoms with Gasteiger partial charge in [-0.3, -0.25) is 0 Å². The molecule has 0 amide bonds. The third kappa shape index (κ3) is 8.38. The van der Waals surface area contributed by atoms with Crippen molar-refractivity contribution < 1.29 is 33.2 Å². The molecule has 7 nitrogen and oxygen atoms in total. The second-order valence-electron chi connectivity index (χ2n) is 11.6. The molecule has 0 saturated heterocycles. The fourth-order valence-electron chi connectivity index (χ4n) is 5.05. The monoisotopic (exact) mass is 600 g/mol. The molecule has 4 rings (SSSR count). The van der Waals surface area contributed by atoms with E-state index < -0.39 is 6.29 Å². The van der Waals surface area contributed by atoms with Crippen molar-refractivity contribution in [1.82, 2.24) is 0 Å². The van der Waals surface area contributed by atoms with Gasteiger partial charge in [0.15, 0.2) is 6.29 Å². The van der Waals surface area contributed by atoms with Crippen LogP contribution in [0.15, 0.2) is 78.9 Å². The molecule has 0 bridgehead atoms. The molecule has 0 radical (unpaired) electrons. The van der Waals surface area contributed by atoms with Crippen LogP contribution in [-0.2, 0) is 11.2 Å². The maximum absolute atomic E-state index is 6.51. The predicted octanol–water partition coefficient (Wildman–Crippen LogP) is 8.46. The summed E-state index contributed by atoms with van der Waals surface area (Å²) in [6.07, 6.45) is 0.544. The summed E-state index contributed by atoms with van der Waals surface area (Å²) in [7, 11) is 6.57. The largest absolute Gasteiger partial charge is 0.497 e. The van der Waals surface area contributed by atoms with Gasteiger partial charge in [-0.05, 0) is 72.9 Å². The molecule has 0 saturated carbocycles. The van der Waals surface area contributed by atoms with Gasteiger partial charge < -0.3 is 33.2 Å². The summed E-state index contributed by atoms with van der Waals surface area (Å²) >= 11 is 0. The Kier molecular flexibility index (Phi) is 11.0. The van der Waals surface area contributed by atoms with E-state index in [2.05, 4.69) is 32.9 Å². The van der Waals surface area contributed by atoms with Gasteiger partial charge in [-0.1, -0.05) is 51.1 Å². The second kappa shape index (κ2) is 14.9. The third-order valence-corrected chi connectivity index (χ3v) is 7.05. The van der Waals surface area contributed by atoms with E-state index in [-0.39, 0.29) is 12.0 Å². The van der Waals surface area contributed by atoms with Gasteiger partial charge in [0.1, 0.15) is 41.1 Å². The Bertz CT molecular complexity index is 1430. The highest BCUT2D eigenvalue weighted by molar-refractivity contribution is 5.87. The van der Waals surface area contributed by atoms with Gasteiger partial charge in [-0.15, -0.1) is 0 Å². The Balaban J connectivity index is 1.57. The molecule has 4 aromatic carbocycles. The van der Waals surface area contributed by atoms with Gasteiger partial charge in [-0.2, -0.15) is 0 Å². The van der Waals surface area contributed by atoms with Crippen molar-refractivity contribution in [2.24, 2.45) is 5.41 Å². The Morgan fingerprint density at radius 3 is 1.59 bits per heavy atom. The lowest BCUT2D eigenvalue weighted by atomic mass is 9.88. The normalized spacial score (nSPS) is 11.9. The zero-order valence-corrected chi connectivity index (χ0v) is 27.1. The number of methoxy groups -OCH3 is 4. The number of hydrogen-bond acceptors (Lipinski definition) is 7. The summed E-state index contributed by atoms with van der Waals surface area (Å²) in [5.41, 5.74) is 4.84. The van der Waals surface area contributed by atoms with Crippen molar-refractivity contribution in [3.05, 3.63) is 84.4 Å². The predicted molar refractivity (Wildman–Crippen MR) is 175 cm³/mol. The SMILES string of the molecule is COc1ccc(OC)c(-c2cccc(-c3cc(OC)ccc3OC)c2OCCOC(C)Oc2ccc(CC(C)(C)C)cc2)c1. The summed E-state index contributed by atoms with van der Waals surface area (Å²) in [5.74, 6) is 4.21. The Labute approximate surface area is 261 Å². The van der Waals surface area contributed by atoms with Gasteiger partial charge in [-0.25, -0.2) is 0 Å². The number of ether oxygens (including phenoxy) is 7. The molecule has 0 spiro atoms. The van der Waals surface area contributed by atoms with Crippen LogP contribution in [0.1, 0.15) is 33.3 Å². The first-order valence-corrected chi connectivity index (χ1v) is 14.7. The summed E-state index contributed by atoms with van der Waals surface area (Å²) < 4.78 is 41.0.